The van der Waals surface area contributed by atoms with Gasteiger partial charge in [-0.2, -0.15) is 0 Å². The summed E-state index contributed by atoms with van der Waals surface area (Å²) in [5.74, 6) is 1.20. The first-order chi connectivity index (χ1) is 14.7. The van der Waals surface area contributed by atoms with E-state index >= 15 is 0 Å². The molecule has 0 saturated carbocycles. The number of amides is 1. The lowest BCUT2D eigenvalue weighted by atomic mass is 10.1. The molecular weight excluding hydrogens is 387 g/mol. The number of hydrogen-bond donors (Lipinski definition) is 1. The summed E-state index contributed by atoms with van der Waals surface area (Å²) < 4.78 is 24.6. The number of nitrogens with one attached hydrogen (secondary N) is 1. The van der Waals surface area contributed by atoms with Crippen LogP contribution in [0.3, 0.4) is 0 Å². The molecule has 3 rings (SSSR count). The molecular formula is C22H23FN4O3. The number of alkyl halides is 1. The van der Waals surface area contributed by atoms with Gasteiger partial charge >= 0.3 is 6.09 Å². The molecule has 1 aromatic heterocycles. The molecule has 156 valence electrons. The topological polar surface area (TPSA) is 78.3 Å². The number of halogens is 1. The third-order valence-electron chi connectivity index (χ3n) is 4.05. The maximum absolute atomic E-state index is 12.3. The predicted molar refractivity (Wildman–Crippen MR) is 112 cm³/mol. The Morgan fingerprint density at radius 2 is 1.70 bits per heavy atom. The summed E-state index contributed by atoms with van der Waals surface area (Å²) in [7, 11) is 0. The maximum atomic E-state index is 12.3. The van der Waals surface area contributed by atoms with E-state index in [1.54, 1.807) is 18.3 Å². The van der Waals surface area contributed by atoms with Crippen molar-refractivity contribution in [2.75, 3.05) is 13.2 Å². The summed E-state index contributed by atoms with van der Waals surface area (Å²) >= 11 is 0. The van der Waals surface area contributed by atoms with Gasteiger partial charge in [0, 0.05) is 6.54 Å². The van der Waals surface area contributed by atoms with Crippen molar-refractivity contribution in [2.45, 2.75) is 20.1 Å². The van der Waals surface area contributed by atoms with Gasteiger partial charge < -0.3 is 14.8 Å². The van der Waals surface area contributed by atoms with Crippen molar-refractivity contribution < 1.29 is 18.7 Å². The van der Waals surface area contributed by atoms with Crippen LogP contribution < -0.4 is 14.8 Å². The third kappa shape index (κ3) is 6.44. The molecule has 0 spiro atoms. The van der Waals surface area contributed by atoms with Crippen molar-refractivity contribution in [2.24, 2.45) is 0 Å². The number of hydrogen-bond acceptors (Lipinski definition) is 5. The number of carbonyl (C=O) groups excluding carboxylic acids is 1. The Morgan fingerprint density at radius 1 is 1.07 bits per heavy atom. The lowest BCUT2D eigenvalue weighted by Gasteiger charge is -2.05. The Balaban J connectivity index is 1.50. The Morgan fingerprint density at radius 3 is 2.30 bits per heavy atom. The molecule has 1 heterocycles. The molecule has 0 radical (unpaired) electrons. The van der Waals surface area contributed by atoms with Crippen molar-refractivity contribution in [1.82, 2.24) is 20.3 Å². The van der Waals surface area contributed by atoms with E-state index in [0.717, 1.165) is 11.1 Å². The van der Waals surface area contributed by atoms with Crippen LogP contribution in [0.4, 0.5) is 9.18 Å². The molecule has 1 N–H and O–H groups in total. The van der Waals surface area contributed by atoms with Gasteiger partial charge in [0.15, 0.2) is 0 Å². The molecule has 0 atom stereocenters. The zero-order chi connectivity index (χ0) is 21.2. The fourth-order valence-corrected chi connectivity index (χ4v) is 2.56. The van der Waals surface area contributed by atoms with Crippen LogP contribution in [-0.2, 0) is 13.2 Å². The van der Waals surface area contributed by atoms with E-state index in [-0.39, 0.29) is 13.2 Å². The van der Waals surface area contributed by atoms with E-state index in [9.17, 15) is 9.18 Å². The highest BCUT2D eigenvalue weighted by atomic mass is 19.1. The van der Waals surface area contributed by atoms with E-state index < -0.39 is 12.8 Å². The number of aryl methyl sites for hydroxylation is 1. The molecule has 30 heavy (non-hydrogen) atoms. The highest BCUT2D eigenvalue weighted by Gasteiger charge is 2.03. The zero-order valence-electron chi connectivity index (χ0n) is 16.6. The van der Waals surface area contributed by atoms with Crippen molar-refractivity contribution in [3.63, 3.8) is 0 Å². The second-order valence-corrected chi connectivity index (χ2v) is 6.34. The SMILES string of the molecule is CCNC(=O)Oc1ccc(/C=C/c2ccc(OCc3cn(CCF)nn3)cc2)cc1. The molecule has 0 fully saturated rings. The molecule has 7 nitrogen and oxygen atoms in total. The van der Waals surface area contributed by atoms with Crippen LogP contribution in [0.2, 0.25) is 0 Å². The standard InChI is InChI=1S/C22H23FN4O3/c1-2-24-22(28)30-21-11-7-18(8-12-21)4-3-17-5-9-20(10-6-17)29-16-19-15-27(14-13-23)26-25-19/h3-12,15H,2,13-14,16H2,1H3,(H,24,28)/b4-3+. The zero-order valence-corrected chi connectivity index (χ0v) is 16.6. The van der Waals surface area contributed by atoms with E-state index in [0.29, 0.717) is 23.7 Å². The Kier molecular flexibility index (Phi) is 7.54. The third-order valence-corrected chi connectivity index (χ3v) is 4.05. The maximum Gasteiger partial charge on any atom is 0.412 e. The number of carbonyl (C=O) groups is 1. The van der Waals surface area contributed by atoms with Crippen molar-refractivity contribution in [3.8, 4) is 11.5 Å². The average molecular weight is 410 g/mol. The monoisotopic (exact) mass is 410 g/mol. The number of nitrogens with zero attached hydrogens (tertiary/aromatic N) is 3. The first-order valence-corrected chi connectivity index (χ1v) is 9.58. The first-order valence-electron chi connectivity index (χ1n) is 9.58. The Hall–Kier alpha value is -3.68. The van der Waals surface area contributed by atoms with Crippen LogP contribution in [0.1, 0.15) is 23.7 Å². The Labute approximate surface area is 174 Å². The first kappa shape index (κ1) is 21.0. The minimum absolute atomic E-state index is 0.192. The normalized spacial score (nSPS) is 10.9. The number of ether oxygens (including phenoxy) is 2. The second-order valence-electron chi connectivity index (χ2n) is 6.34. The van der Waals surface area contributed by atoms with Crippen molar-refractivity contribution >= 4 is 18.2 Å². The summed E-state index contributed by atoms with van der Waals surface area (Å²) in [5.41, 5.74) is 2.64. The van der Waals surface area contributed by atoms with E-state index in [4.69, 9.17) is 9.47 Å². The molecule has 0 aliphatic carbocycles. The molecule has 0 saturated heterocycles. The second kappa shape index (κ2) is 10.8. The number of rotatable bonds is 9. The summed E-state index contributed by atoms with van der Waals surface area (Å²) in [6.07, 6.45) is 5.15. The van der Waals surface area contributed by atoms with Gasteiger partial charge in [-0.05, 0) is 42.3 Å². The van der Waals surface area contributed by atoms with E-state index in [1.807, 2.05) is 55.5 Å². The number of benzene rings is 2. The fourth-order valence-electron chi connectivity index (χ4n) is 2.56. The van der Waals surface area contributed by atoms with Crippen LogP contribution in [0, 0.1) is 0 Å². The molecule has 2 aromatic carbocycles. The van der Waals surface area contributed by atoms with Gasteiger partial charge in [0.25, 0.3) is 0 Å². The van der Waals surface area contributed by atoms with Gasteiger partial charge in [-0.1, -0.05) is 41.6 Å². The quantitative estimate of drug-likeness (QED) is 0.537. The lowest BCUT2D eigenvalue weighted by molar-refractivity contribution is 0.201. The summed E-state index contributed by atoms with van der Waals surface area (Å²) in [6.45, 7) is 2.33. The summed E-state index contributed by atoms with van der Waals surface area (Å²) in [4.78, 5) is 11.4. The van der Waals surface area contributed by atoms with E-state index in [1.165, 1.54) is 4.68 Å². The largest absolute Gasteiger partial charge is 0.487 e. The van der Waals surface area contributed by atoms with Crippen molar-refractivity contribution in [3.05, 3.63) is 71.5 Å². The highest BCUT2D eigenvalue weighted by molar-refractivity contribution is 5.72. The smallest absolute Gasteiger partial charge is 0.412 e. The van der Waals surface area contributed by atoms with E-state index in [2.05, 4.69) is 15.6 Å². The average Bonchev–Trinajstić information content (AvgIpc) is 3.20. The van der Waals surface area contributed by atoms with Crippen LogP contribution in [0.25, 0.3) is 12.2 Å². The van der Waals surface area contributed by atoms with Gasteiger partial charge in [-0.3, -0.25) is 0 Å². The Bertz CT molecular complexity index is 969. The van der Waals surface area contributed by atoms with Crippen LogP contribution in [0.5, 0.6) is 11.5 Å². The highest BCUT2D eigenvalue weighted by Crippen LogP contribution is 2.17. The molecule has 0 aliphatic heterocycles. The molecule has 8 heteroatoms. The molecule has 0 aliphatic rings. The van der Waals surface area contributed by atoms with Gasteiger partial charge in [-0.15, -0.1) is 5.10 Å². The fraction of sp³-hybridized carbons (Fsp3) is 0.227. The molecule has 0 bridgehead atoms. The van der Waals surface area contributed by atoms with Crippen molar-refractivity contribution in [1.29, 1.82) is 0 Å². The van der Waals surface area contributed by atoms with Gasteiger partial charge in [0.2, 0.25) is 0 Å². The van der Waals surface area contributed by atoms with Crippen LogP contribution in [0.15, 0.2) is 54.7 Å². The number of aromatic nitrogens is 3. The predicted octanol–water partition coefficient (Wildman–Crippen LogP) is 4.11. The minimum Gasteiger partial charge on any atom is -0.487 e. The van der Waals surface area contributed by atoms with Crippen LogP contribution in [-0.4, -0.2) is 34.3 Å². The molecule has 0 unspecified atom stereocenters. The summed E-state index contributed by atoms with van der Waals surface area (Å²) in [6, 6.07) is 14.9. The van der Waals surface area contributed by atoms with Gasteiger partial charge in [0.1, 0.15) is 30.5 Å². The van der Waals surface area contributed by atoms with Gasteiger partial charge in [0.05, 0.1) is 12.7 Å². The molecule has 3 aromatic rings. The van der Waals surface area contributed by atoms with Crippen LogP contribution >= 0.6 is 0 Å². The minimum atomic E-state index is -0.479. The van der Waals surface area contributed by atoms with Gasteiger partial charge in [-0.25, -0.2) is 13.9 Å². The molecule has 1 amide bonds. The lowest BCUT2D eigenvalue weighted by Crippen LogP contribution is -2.26. The summed E-state index contributed by atoms with van der Waals surface area (Å²) in [5, 5.41) is 10.3.